The molecule has 0 spiro atoms. The number of nitrogens with zero attached hydrogens (tertiary/aromatic N) is 1. The van der Waals surface area contributed by atoms with Gasteiger partial charge in [0, 0.05) is 12.2 Å². The van der Waals surface area contributed by atoms with Gasteiger partial charge in [-0.15, -0.1) is 0 Å². The van der Waals surface area contributed by atoms with Crippen molar-refractivity contribution in [2.24, 2.45) is 11.3 Å². The molecule has 0 bridgehead atoms. The number of likely N-dealkylation sites (tertiary alicyclic amines) is 1. The quantitative estimate of drug-likeness (QED) is 0.764. The highest BCUT2D eigenvalue weighted by Gasteiger charge is 2.32. The molecule has 2 aliphatic rings. The zero-order valence-corrected chi connectivity index (χ0v) is 16.3. The zero-order chi connectivity index (χ0) is 18.6. The third-order valence-corrected chi connectivity index (χ3v) is 5.29. The van der Waals surface area contributed by atoms with Crippen LogP contribution in [0, 0.1) is 11.3 Å². The van der Waals surface area contributed by atoms with Gasteiger partial charge in [0.2, 0.25) is 0 Å². The number of hydrogen-bond acceptors (Lipinski definition) is 4. The SMILES string of the molecule is CCOC(=O)C1=C(CN2CCCC(C(C)(C)C)CC2)NC(=O)NC1C. The maximum absolute atomic E-state index is 12.3. The van der Waals surface area contributed by atoms with Crippen LogP contribution in [0.5, 0.6) is 0 Å². The Bertz CT molecular complexity index is 537. The van der Waals surface area contributed by atoms with Crippen molar-refractivity contribution in [3.05, 3.63) is 11.3 Å². The third kappa shape index (κ3) is 5.21. The van der Waals surface area contributed by atoms with Crippen molar-refractivity contribution in [2.45, 2.75) is 59.9 Å². The first-order valence-electron chi connectivity index (χ1n) is 9.42. The molecule has 0 aromatic carbocycles. The number of amides is 2. The molecule has 0 aromatic rings. The maximum Gasteiger partial charge on any atom is 0.337 e. The summed E-state index contributed by atoms with van der Waals surface area (Å²) in [5.74, 6) is 0.359. The molecular weight excluding hydrogens is 318 g/mol. The fourth-order valence-electron chi connectivity index (χ4n) is 3.81. The molecule has 1 saturated heterocycles. The van der Waals surface area contributed by atoms with Gasteiger partial charge >= 0.3 is 12.0 Å². The van der Waals surface area contributed by atoms with E-state index in [4.69, 9.17) is 4.74 Å². The molecule has 0 aromatic heterocycles. The van der Waals surface area contributed by atoms with E-state index in [1.165, 1.54) is 6.42 Å². The van der Waals surface area contributed by atoms with Crippen LogP contribution in [-0.4, -0.2) is 49.2 Å². The second-order valence-corrected chi connectivity index (χ2v) is 8.20. The Hall–Kier alpha value is -1.56. The lowest BCUT2D eigenvalue weighted by molar-refractivity contribution is -0.139. The maximum atomic E-state index is 12.3. The highest BCUT2D eigenvalue weighted by Crippen LogP contribution is 2.34. The van der Waals surface area contributed by atoms with E-state index in [1.807, 2.05) is 6.92 Å². The summed E-state index contributed by atoms with van der Waals surface area (Å²) in [7, 11) is 0. The fraction of sp³-hybridized carbons (Fsp3) is 0.789. The lowest BCUT2D eigenvalue weighted by atomic mass is 9.77. The minimum absolute atomic E-state index is 0.252. The van der Waals surface area contributed by atoms with Gasteiger partial charge in [-0.25, -0.2) is 9.59 Å². The number of hydrogen-bond donors (Lipinski definition) is 2. The number of carbonyl (C=O) groups excluding carboxylic acids is 2. The molecule has 2 amide bonds. The van der Waals surface area contributed by atoms with Gasteiger partial charge in [-0.1, -0.05) is 20.8 Å². The van der Waals surface area contributed by atoms with Crippen LogP contribution in [0.4, 0.5) is 4.79 Å². The fourth-order valence-corrected chi connectivity index (χ4v) is 3.81. The summed E-state index contributed by atoms with van der Waals surface area (Å²) in [6.45, 7) is 13.4. The molecule has 2 heterocycles. The molecule has 0 aliphatic carbocycles. The first-order valence-corrected chi connectivity index (χ1v) is 9.42. The lowest BCUT2D eigenvalue weighted by Gasteiger charge is -2.31. The highest BCUT2D eigenvalue weighted by molar-refractivity contribution is 5.94. The van der Waals surface area contributed by atoms with E-state index >= 15 is 0 Å². The predicted molar refractivity (Wildman–Crippen MR) is 98.0 cm³/mol. The molecule has 2 unspecified atom stereocenters. The van der Waals surface area contributed by atoms with Crippen LogP contribution in [0.2, 0.25) is 0 Å². The van der Waals surface area contributed by atoms with E-state index in [9.17, 15) is 9.59 Å². The molecule has 2 atom stereocenters. The summed E-state index contributed by atoms with van der Waals surface area (Å²) < 4.78 is 5.19. The van der Waals surface area contributed by atoms with E-state index < -0.39 is 0 Å². The van der Waals surface area contributed by atoms with Crippen LogP contribution < -0.4 is 10.6 Å². The topological polar surface area (TPSA) is 70.7 Å². The second-order valence-electron chi connectivity index (χ2n) is 8.20. The lowest BCUT2D eigenvalue weighted by Crippen LogP contribution is -2.51. The van der Waals surface area contributed by atoms with Gasteiger partial charge < -0.3 is 15.4 Å². The minimum atomic E-state index is -0.347. The highest BCUT2D eigenvalue weighted by atomic mass is 16.5. The molecule has 0 radical (unpaired) electrons. The number of ether oxygens (including phenoxy) is 1. The van der Waals surface area contributed by atoms with Gasteiger partial charge in [-0.2, -0.15) is 0 Å². The monoisotopic (exact) mass is 351 g/mol. The molecule has 25 heavy (non-hydrogen) atoms. The van der Waals surface area contributed by atoms with Gasteiger partial charge in [-0.3, -0.25) is 4.90 Å². The average Bonchev–Trinajstić information content (AvgIpc) is 2.72. The normalized spacial score (nSPS) is 25.9. The van der Waals surface area contributed by atoms with Crippen molar-refractivity contribution in [3.63, 3.8) is 0 Å². The first-order chi connectivity index (χ1) is 11.7. The van der Waals surface area contributed by atoms with Crippen LogP contribution in [-0.2, 0) is 9.53 Å². The van der Waals surface area contributed by atoms with Crippen molar-refractivity contribution >= 4 is 12.0 Å². The van der Waals surface area contributed by atoms with Gasteiger partial charge in [0.25, 0.3) is 0 Å². The zero-order valence-electron chi connectivity index (χ0n) is 16.3. The molecule has 2 aliphatic heterocycles. The van der Waals surface area contributed by atoms with Crippen LogP contribution in [0.25, 0.3) is 0 Å². The predicted octanol–water partition coefficient (Wildman–Crippen LogP) is 2.65. The van der Waals surface area contributed by atoms with Crippen LogP contribution in [0.15, 0.2) is 11.3 Å². The number of carbonyl (C=O) groups is 2. The molecule has 1 fully saturated rings. The van der Waals surface area contributed by atoms with Gasteiger partial charge in [0.1, 0.15) is 0 Å². The van der Waals surface area contributed by atoms with E-state index in [1.54, 1.807) is 6.92 Å². The van der Waals surface area contributed by atoms with Crippen LogP contribution in [0.1, 0.15) is 53.9 Å². The molecule has 142 valence electrons. The summed E-state index contributed by atoms with van der Waals surface area (Å²) in [6.07, 6.45) is 3.52. The largest absolute Gasteiger partial charge is 0.463 e. The number of rotatable bonds is 4. The molecule has 6 nitrogen and oxygen atoms in total. The van der Waals surface area contributed by atoms with Gasteiger partial charge in [0.15, 0.2) is 0 Å². The van der Waals surface area contributed by atoms with Crippen LogP contribution >= 0.6 is 0 Å². The third-order valence-electron chi connectivity index (χ3n) is 5.29. The van der Waals surface area contributed by atoms with Crippen molar-refractivity contribution in [1.82, 2.24) is 15.5 Å². The second kappa shape index (κ2) is 8.21. The molecular formula is C19H33N3O3. The summed E-state index contributed by atoms with van der Waals surface area (Å²) in [5.41, 5.74) is 1.55. The summed E-state index contributed by atoms with van der Waals surface area (Å²) >= 11 is 0. The Balaban J connectivity index is 2.13. The van der Waals surface area contributed by atoms with Gasteiger partial charge in [0.05, 0.1) is 18.2 Å². The van der Waals surface area contributed by atoms with Crippen LogP contribution in [0.3, 0.4) is 0 Å². The van der Waals surface area contributed by atoms with Crippen molar-refractivity contribution < 1.29 is 14.3 Å². The minimum Gasteiger partial charge on any atom is -0.463 e. The van der Waals surface area contributed by atoms with E-state index in [2.05, 4.69) is 36.3 Å². The van der Waals surface area contributed by atoms with Crippen molar-refractivity contribution in [1.29, 1.82) is 0 Å². The van der Waals surface area contributed by atoms with Crippen molar-refractivity contribution in [2.75, 3.05) is 26.2 Å². The van der Waals surface area contributed by atoms with Crippen molar-refractivity contribution in [3.8, 4) is 0 Å². The molecule has 2 rings (SSSR count). The average molecular weight is 351 g/mol. The summed E-state index contributed by atoms with van der Waals surface area (Å²) in [4.78, 5) is 26.6. The van der Waals surface area contributed by atoms with Gasteiger partial charge in [-0.05, 0) is 57.5 Å². The van der Waals surface area contributed by atoms with E-state index in [0.29, 0.717) is 35.8 Å². The Morgan fingerprint density at radius 3 is 2.64 bits per heavy atom. The summed E-state index contributed by atoms with van der Waals surface area (Å²) in [5, 5.41) is 5.58. The number of nitrogens with one attached hydrogen (secondary N) is 2. The molecule has 2 N–H and O–H groups in total. The number of urea groups is 1. The Kier molecular flexibility index (Phi) is 6.49. The number of esters is 1. The van der Waals surface area contributed by atoms with E-state index in [-0.39, 0.29) is 18.0 Å². The Morgan fingerprint density at radius 2 is 2.00 bits per heavy atom. The van der Waals surface area contributed by atoms with E-state index in [0.717, 1.165) is 25.9 Å². The Labute approximate surface area is 151 Å². The Morgan fingerprint density at radius 1 is 1.28 bits per heavy atom. The summed E-state index contributed by atoms with van der Waals surface area (Å²) in [6, 6.07) is -0.588. The smallest absolute Gasteiger partial charge is 0.337 e. The molecule has 0 saturated carbocycles. The standard InChI is InChI=1S/C19H33N3O3/c1-6-25-17(23)16-13(2)20-18(24)21-15(16)12-22-10-7-8-14(9-11-22)19(3,4)5/h13-14H,6-12H2,1-5H3,(H2,20,21,24). The first kappa shape index (κ1) is 19.8. The molecule has 6 heteroatoms.